The van der Waals surface area contributed by atoms with Crippen LogP contribution in [0.25, 0.3) is 33.4 Å². The van der Waals surface area contributed by atoms with Gasteiger partial charge >= 0.3 is 0 Å². The van der Waals surface area contributed by atoms with Gasteiger partial charge in [0.2, 0.25) is 0 Å². The fourth-order valence-corrected chi connectivity index (χ4v) is 2.94. The Morgan fingerprint density at radius 3 is 2.59 bits per heavy atom. The van der Waals surface area contributed by atoms with E-state index in [0.717, 1.165) is 33.4 Å². The van der Waals surface area contributed by atoms with Crippen LogP contribution in [0.5, 0.6) is 0 Å². The molecule has 4 rings (SSSR count). The molecular weight excluding hydrogens is 298 g/mol. The Morgan fingerprint density at radius 1 is 1.05 bits per heavy atom. The second-order valence-corrected chi connectivity index (χ2v) is 5.41. The molecule has 0 aliphatic rings. The van der Waals surface area contributed by atoms with E-state index in [-0.39, 0.29) is 0 Å². The Balaban J connectivity index is 2.13. The average molecular weight is 310 g/mol. The fourth-order valence-electron chi connectivity index (χ4n) is 2.65. The third kappa shape index (κ3) is 2.00. The van der Waals surface area contributed by atoms with Gasteiger partial charge in [-0.3, -0.25) is 4.68 Å². The molecule has 0 fully saturated rings. The summed E-state index contributed by atoms with van der Waals surface area (Å²) in [5, 5.41) is 4.72. The lowest BCUT2D eigenvalue weighted by Crippen LogP contribution is -1.90. The van der Waals surface area contributed by atoms with Crippen molar-refractivity contribution < 1.29 is 4.42 Å². The van der Waals surface area contributed by atoms with Crippen LogP contribution in [0.1, 0.15) is 0 Å². The number of aromatic nitrogens is 3. The van der Waals surface area contributed by atoms with Gasteiger partial charge < -0.3 is 4.42 Å². The summed E-state index contributed by atoms with van der Waals surface area (Å²) in [5.74, 6) is 0. The molecule has 0 aliphatic heterocycles. The predicted molar refractivity (Wildman–Crippen MR) is 86.7 cm³/mol. The fraction of sp³-hybridized carbons (Fsp3) is 0.0588. The molecule has 108 valence electrons. The SMILES string of the molecule is Cn1cc(-c2c(-c3ccccc3)c(Cl)nc3ccoc23)cn1. The average Bonchev–Trinajstić information content (AvgIpc) is 3.15. The maximum Gasteiger partial charge on any atom is 0.160 e. The number of pyridine rings is 1. The molecule has 0 N–H and O–H groups in total. The minimum atomic E-state index is 0.457. The maximum atomic E-state index is 6.48. The molecule has 22 heavy (non-hydrogen) atoms. The molecule has 4 aromatic rings. The monoisotopic (exact) mass is 309 g/mol. The molecular formula is C17H12ClN3O. The summed E-state index contributed by atoms with van der Waals surface area (Å²) in [6.45, 7) is 0. The van der Waals surface area contributed by atoms with Gasteiger partial charge in [0.1, 0.15) is 10.7 Å². The normalized spacial score (nSPS) is 11.2. The van der Waals surface area contributed by atoms with E-state index in [0.29, 0.717) is 5.15 Å². The Morgan fingerprint density at radius 2 is 1.86 bits per heavy atom. The van der Waals surface area contributed by atoms with Gasteiger partial charge in [-0.2, -0.15) is 5.10 Å². The number of hydrogen-bond donors (Lipinski definition) is 0. The van der Waals surface area contributed by atoms with E-state index in [4.69, 9.17) is 16.0 Å². The molecule has 3 aromatic heterocycles. The number of rotatable bonds is 2. The Hall–Kier alpha value is -2.59. The molecule has 0 spiro atoms. The van der Waals surface area contributed by atoms with Crippen molar-refractivity contribution in [2.24, 2.45) is 7.05 Å². The van der Waals surface area contributed by atoms with E-state index < -0.39 is 0 Å². The summed E-state index contributed by atoms with van der Waals surface area (Å²) in [5.41, 5.74) is 5.18. The zero-order valence-corrected chi connectivity index (χ0v) is 12.6. The van der Waals surface area contributed by atoms with Crippen LogP contribution in [-0.4, -0.2) is 14.8 Å². The van der Waals surface area contributed by atoms with Crippen molar-refractivity contribution in [3.05, 3.63) is 60.2 Å². The third-order valence-corrected chi connectivity index (χ3v) is 3.88. The highest BCUT2D eigenvalue weighted by molar-refractivity contribution is 6.33. The number of hydrogen-bond acceptors (Lipinski definition) is 3. The molecule has 3 heterocycles. The van der Waals surface area contributed by atoms with Gasteiger partial charge in [-0.05, 0) is 5.56 Å². The number of aryl methyl sites for hydroxylation is 1. The van der Waals surface area contributed by atoms with Gasteiger partial charge in [-0.15, -0.1) is 0 Å². The lowest BCUT2D eigenvalue weighted by atomic mass is 9.97. The summed E-state index contributed by atoms with van der Waals surface area (Å²) < 4.78 is 7.43. The van der Waals surface area contributed by atoms with Crippen LogP contribution >= 0.6 is 11.6 Å². The Bertz CT molecular complexity index is 957. The van der Waals surface area contributed by atoms with Crippen LogP contribution in [0.15, 0.2) is 59.5 Å². The second-order valence-electron chi connectivity index (χ2n) is 5.06. The first-order chi connectivity index (χ1) is 10.7. The summed E-state index contributed by atoms with van der Waals surface area (Å²) in [6, 6.07) is 11.8. The van der Waals surface area contributed by atoms with Gasteiger partial charge in [0.25, 0.3) is 0 Å². The van der Waals surface area contributed by atoms with Crippen LogP contribution in [0, 0.1) is 0 Å². The van der Waals surface area contributed by atoms with Gasteiger partial charge in [0, 0.05) is 36.0 Å². The predicted octanol–water partition coefficient (Wildman–Crippen LogP) is 4.55. The van der Waals surface area contributed by atoms with Crippen LogP contribution in [0.4, 0.5) is 0 Å². The smallest absolute Gasteiger partial charge is 0.160 e. The summed E-state index contributed by atoms with van der Waals surface area (Å²) >= 11 is 6.48. The summed E-state index contributed by atoms with van der Waals surface area (Å²) in [7, 11) is 1.88. The van der Waals surface area contributed by atoms with E-state index in [1.807, 2.05) is 49.6 Å². The first-order valence-corrected chi connectivity index (χ1v) is 7.23. The highest BCUT2D eigenvalue weighted by atomic mass is 35.5. The molecule has 0 saturated heterocycles. The molecule has 0 atom stereocenters. The molecule has 0 aliphatic carbocycles. The minimum absolute atomic E-state index is 0.457. The molecule has 0 amide bonds. The van der Waals surface area contributed by atoms with E-state index in [9.17, 15) is 0 Å². The Labute approximate surface area is 132 Å². The van der Waals surface area contributed by atoms with Crippen molar-refractivity contribution in [1.82, 2.24) is 14.8 Å². The molecule has 0 saturated carbocycles. The van der Waals surface area contributed by atoms with Crippen molar-refractivity contribution in [2.75, 3.05) is 0 Å². The first-order valence-electron chi connectivity index (χ1n) is 6.85. The van der Waals surface area contributed by atoms with Crippen molar-refractivity contribution in [2.45, 2.75) is 0 Å². The Kier molecular flexibility index (Phi) is 2.98. The van der Waals surface area contributed by atoms with Crippen molar-refractivity contribution in [3.8, 4) is 22.3 Å². The minimum Gasteiger partial charge on any atom is -0.462 e. The van der Waals surface area contributed by atoms with E-state index in [1.165, 1.54) is 0 Å². The van der Waals surface area contributed by atoms with Crippen molar-refractivity contribution in [1.29, 1.82) is 0 Å². The molecule has 0 unspecified atom stereocenters. The van der Waals surface area contributed by atoms with Crippen LogP contribution in [-0.2, 0) is 7.05 Å². The van der Waals surface area contributed by atoms with Crippen LogP contribution < -0.4 is 0 Å². The number of furan rings is 1. The van der Waals surface area contributed by atoms with E-state index >= 15 is 0 Å². The van der Waals surface area contributed by atoms with Crippen LogP contribution in [0.2, 0.25) is 5.15 Å². The van der Waals surface area contributed by atoms with Crippen molar-refractivity contribution >= 4 is 22.7 Å². The number of nitrogens with zero attached hydrogens (tertiary/aromatic N) is 3. The second kappa shape index (κ2) is 5.00. The molecule has 0 bridgehead atoms. The first kappa shape index (κ1) is 13.1. The largest absolute Gasteiger partial charge is 0.462 e. The summed E-state index contributed by atoms with van der Waals surface area (Å²) in [4.78, 5) is 4.45. The quantitative estimate of drug-likeness (QED) is 0.510. The lowest BCUT2D eigenvalue weighted by molar-refractivity contribution is 0.616. The van der Waals surface area contributed by atoms with Crippen LogP contribution in [0.3, 0.4) is 0 Å². The van der Waals surface area contributed by atoms with Gasteiger partial charge in [0.15, 0.2) is 5.58 Å². The number of benzene rings is 1. The highest BCUT2D eigenvalue weighted by Crippen LogP contribution is 2.41. The van der Waals surface area contributed by atoms with Gasteiger partial charge in [-0.25, -0.2) is 4.98 Å². The summed E-state index contributed by atoms with van der Waals surface area (Å²) in [6.07, 6.45) is 5.38. The topological polar surface area (TPSA) is 43.9 Å². The zero-order valence-electron chi connectivity index (χ0n) is 11.8. The third-order valence-electron chi connectivity index (χ3n) is 3.60. The number of halogens is 1. The van der Waals surface area contributed by atoms with E-state index in [2.05, 4.69) is 10.1 Å². The standard InChI is InChI=1S/C17H12ClN3O/c1-21-10-12(9-19-21)14-15(11-5-3-2-4-6-11)17(18)20-13-7-8-22-16(13)14/h2-10H,1H3. The highest BCUT2D eigenvalue weighted by Gasteiger charge is 2.20. The lowest BCUT2D eigenvalue weighted by Gasteiger charge is -2.10. The number of fused-ring (bicyclic) bond motifs is 1. The van der Waals surface area contributed by atoms with E-state index in [1.54, 1.807) is 17.1 Å². The molecule has 1 aromatic carbocycles. The molecule has 0 radical (unpaired) electrons. The molecule has 5 heteroatoms. The molecule has 4 nitrogen and oxygen atoms in total. The maximum absolute atomic E-state index is 6.48. The van der Waals surface area contributed by atoms with Gasteiger partial charge in [-0.1, -0.05) is 41.9 Å². The van der Waals surface area contributed by atoms with Gasteiger partial charge in [0.05, 0.1) is 12.5 Å². The van der Waals surface area contributed by atoms with Crippen molar-refractivity contribution in [3.63, 3.8) is 0 Å². The zero-order chi connectivity index (χ0) is 15.1.